The minimum Gasteiger partial charge on any atom is -0.297 e. The fourth-order valence-corrected chi connectivity index (χ4v) is 2.29. The van der Waals surface area contributed by atoms with Crippen molar-refractivity contribution in [2.45, 2.75) is 58.3 Å². The summed E-state index contributed by atoms with van der Waals surface area (Å²) in [6.07, 6.45) is 8.26. The zero-order valence-corrected chi connectivity index (χ0v) is 14.1. The summed E-state index contributed by atoms with van der Waals surface area (Å²) in [6, 6.07) is 5.05. The number of hydrogen-bond donors (Lipinski definition) is 1. The second-order valence-electron chi connectivity index (χ2n) is 5.76. The van der Waals surface area contributed by atoms with Crippen molar-refractivity contribution in [2.24, 2.45) is 0 Å². The van der Waals surface area contributed by atoms with Crippen molar-refractivity contribution in [3.05, 3.63) is 30.1 Å². The van der Waals surface area contributed by atoms with Crippen molar-refractivity contribution in [1.82, 2.24) is 5.32 Å². The molecule has 23 heavy (non-hydrogen) atoms. The average Bonchev–Trinajstić information content (AvgIpc) is 2.54. The van der Waals surface area contributed by atoms with E-state index in [9.17, 15) is 14.0 Å². The van der Waals surface area contributed by atoms with E-state index in [0.29, 0.717) is 12.1 Å². The average molecular weight is 322 g/mol. The molecule has 0 aliphatic heterocycles. The number of anilines is 1. The fourth-order valence-electron chi connectivity index (χ4n) is 2.29. The van der Waals surface area contributed by atoms with Gasteiger partial charge in [-0.15, -0.1) is 0 Å². The van der Waals surface area contributed by atoms with Crippen LogP contribution in [0.4, 0.5) is 14.9 Å². The molecule has 0 heterocycles. The lowest BCUT2D eigenvalue weighted by atomic mass is 10.1. The summed E-state index contributed by atoms with van der Waals surface area (Å²) in [6.45, 7) is 2.18. The number of imide groups is 1. The maximum atomic E-state index is 12.9. The number of nitrogens with zero attached hydrogens (tertiary/aromatic N) is 1. The Hall–Kier alpha value is -1.91. The van der Waals surface area contributed by atoms with Crippen LogP contribution in [0, 0.1) is 5.82 Å². The number of carbonyl (C=O) groups excluding carboxylic acids is 2. The molecule has 4 nitrogen and oxygen atoms in total. The van der Waals surface area contributed by atoms with E-state index in [1.807, 2.05) is 0 Å². The third-order valence-corrected chi connectivity index (χ3v) is 3.77. The van der Waals surface area contributed by atoms with Crippen molar-refractivity contribution < 1.29 is 14.0 Å². The molecule has 0 unspecified atom stereocenters. The Balaban J connectivity index is 2.22. The minimum absolute atomic E-state index is 0.266. The highest BCUT2D eigenvalue weighted by atomic mass is 19.1. The largest absolute Gasteiger partial charge is 0.328 e. The minimum atomic E-state index is -0.496. The fraction of sp³-hybridized carbons (Fsp3) is 0.556. The van der Waals surface area contributed by atoms with E-state index in [1.165, 1.54) is 54.8 Å². The SMILES string of the molecule is CCCCCCCCCC(=O)NC(=O)N(C)c1ccc(F)cc1. The Morgan fingerprint density at radius 3 is 2.17 bits per heavy atom. The number of carbonyl (C=O) groups is 2. The van der Waals surface area contributed by atoms with Crippen molar-refractivity contribution in [1.29, 1.82) is 0 Å². The number of nitrogens with one attached hydrogen (secondary N) is 1. The molecule has 1 aromatic carbocycles. The molecule has 0 saturated heterocycles. The highest BCUT2D eigenvalue weighted by Crippen LogP contribution is 2.13. The van der Waals surface area contributed by atoms with Crippen molar-refractivity contribution in [3.63, 3.8) is 0 Å². The van der Waals surface area contributed by atoms with Gasteiger partial charge in [-0.3, -0.25) is 15.0 Å². The van der Waals surface area contributed by atoms with Gasteiger partial charge in [0.15, 0.2) is 0 Å². The number of rotatable bonds is 9. The van der Waals surface area contributed by atoms with Crippen LogP contribution in [-0.4, -0.2) is 19.0 Å². The van der Waals surface area contributed by atoms with Gasteiger partial charge >= 0.3 is 6.03 Å². The van der Waals surface area contributed by atoms with Gasteiger partial charge in [0.2, 0.25) is 5.91 Å². The number of halogens is 1. The topological polar surface area (TPSA) is 49.4 Å². The first-order valence-corrected chi connectivity index (χ1v) is 8.37. The first-order chi connectivity index (χ1) is 11.0. The third kappa shape index (κ3) is 7.77. The van der Waals surface area contributed by atoms with E-state index in [1.54, 1.807) is 7.05 Å². The molecule has 0 radical (unpaired) electrons. The molecule has 0 aromatic heterocycles. The van der Waals surface area contributed by atoms with Gasteiger partial charge in [0.25, 0.3) is 0 Å². The van der Waals surface area contributed by atoms with Crippen LogP contribution in [-0.2, 0) is 4.79 Å². The van der Waals surface area contributed by atoms with E-state index in [0.717, 1.165) is 19.3 Å². The van der Waals surface area contributed by atoms with E-state index in [4.69, 9.17) is 0 Å². The molecular weight excluding hydrogens is 295 g/mol. The molecule has 0 saturated carbocycles. The van der Waals surface area contributed by atoms with Crippen molar-refractivity contribution >= 4 is 17.6 Å². The molecule has 0 aliphatic rings. The quantitative estimate of drug-likeness (QED) is 0.673. The summed E-state index contributed by atoms with van der Waals surface area (Å²) < 4.78 is 12.9. The van der Waals surface area contributed by atoms with Crippen LogP contribution in [0.1, 0.15) is 58.3 Å². The highest BCUT2D eigenvalue weighted by molar-refractivity contribution is 6.02. The standard InChI is InChI=1S/C18H27FN2O2/c1-3-4-5-6-7-8-9-10-17(22)20-18(23)21(2)16-13-11-15(19)12-14-16/h11-14H,3-10H2,1-2H3,(H,20,22,23). The molecule has 1 rings (SSSR count). The van der Waals surface area contributed by atoms with Crippen LogP contribution in [0.15, 0.2) is 24.3 Å². The van der Waals surface area contributed by atoms with Gasteiger partial charge in [-0.05, 0) is 30.7 Å². The second kappa shape index (κ2) is 10.8. The summed E-state index contributed by atoms with van der Waals surface area (Å²) in [5.41, 5.74) is 0.535. The van der Waals surface area contributed by atoms with Crippen molar-refractivity contribution in [2.75, 3.05) is 11.9 Å². The number of amides is 3. The number of urea groups is 1. The first-order valence-electron chi connectivity index (χ1n) is 8.37. The van der Waals surface area contributed by atoms with Gasteiger partial charge in [0.05, 0.1) is 0 Å². The molecule has 5 heteroatoms. The summed E-state index contributed by atoms with van der Waals surface area (Å²) in [5.74, 6) is -0.630. The molecule has 1 N–H and O–H groups in total. The lowest BCUT2D eigenvalue weighted by Crippen LogP contribution is -2.40. The van der Waals surface area contributed by atoms with Crippen LogP contribution in [0.5, 0.6) is 0 Å². The van der Waals surface area contributed by atoms with Gasteiger partial charge in [0.1, 0.15) is 5.82 Å². The zero-order valence-electron chi connectivity index (χ0n) is 14.1. The highest BCUT2D eigenvalue weighted by Gasteiger charge is 2.13. The molecule has 0 spiro atoms. The van der Waals surface area contributed by atoms with Gasteiger partial charge in [-0.1, -0.05) is 45.4 Å². The molecule has 0 atom stereocenters. The van der Waals surface area contributed by atoms with Crippen LogP contribution in [0.3, 0.4) is 0 Å². The molecule has 128 valence electrons. The smallest absolute Gasteiger partial charge is 0.297 e. The van der Waals surface area contributed by atoms with Crippen LogP contribution >= 0.6 is 0 Å². The third-order valence-electron chi connectivity index (χ3n) is 3.77. The molecular formula is C18H27FN2O2. The van der Waals surface area contributed by atoms with Crippen LogP contribution in [0.25, 0.3) is 0 Å². The zero-order chi connectivity index (χ0) is 17.1. The molecule has 1 aromatic rings. The normalized spacial score (nSPS) is 10.4. The Morgan fingerprint density at radius 2 is 1.57 bits per heavy atom. The first kappa shape index (κ1) is 19.1. The Labute approximate surface area is 138 Å². The van der Waals surface area contributed by atoms with Crippen LogP contribution in [0.2, 0.25) is 0 Å². The summed E-state index contributed by atoms with van der Waals surface area (Å²) >= 11 is 0. The molecule has 3 amide bonds. The predicted octanol–water partition coefficient (Wildman–Crippen LogP) is 4.64. The van der Waals surface area contributed by atoms with E-state index < -0.39 is 6.03 Å². The number of benzene rings is 1. The maximum Gasteiger partial charge on any atom is 0.328 e. The second-order valence-corrected chi connectivity index (χ2v) is 5.76. The Morgan fingerprint density at radius 1 is 1.00 bits per heavy atom. The number of unbranched alkanes of at least 4 members (excludes halogenated alkanes) is 6. The maximum absolute atomic E-state index is 12.9. The number of hydrogen-bond acceptors (Lipinski definition) is 2. The van der Waals surface area contributed by atoms with E-state index in [-0.39, 0.29) is 11.7 Å². The van der Waals surface area contributed by atoms with Gasteiger partial charge < -0.3 is 0 Å². The summed E-state index contributed by atoms with van der Waals surface area (Å²) in [4.78, 5) is 25.0. The Bertz CT molecular complexity index is 488. The molecule has 0 fully saturated rings. The summed E-state index contributed by atoms with van der Waals surface area (Å²) in [7, 11) is 1.55. The molecule has 0 aliphatic carbocycles. The van der Waals surface area contributed by atoms with E-state index in [2.05, 4.69) is 12.2 Å². The summed E-state index contributed by atoms with van der Waals surface area (Å²) in [5, 5.41) is 2.36. The Kier molecular flexibility index (Phi) is 8.95. The lowest BCUT2D eigenvalue weighted by molar-refractivity contribution is -0.120. The van der Waals surface area contributed by atoms with Crippen LogP contribution < -0.4 is 10.2 Å². The van der Waals surface area contributed by atoms with Gasteiger partial charge in [-0.25, -0.2) is 9.18 Å². The van der Waals surface area contributed by atoms with E-state index >= 15 is 0 Å². The van der Waals surface area contributed by atoms with Gasteiger partial charge in [0, 0.05) is 19.2 Å². The van der Waals surface area contributed by atoms with Crippen molar-refractivity contribution in [3.8, 4) is 0 Å². The molecule has 0 bridgehead atoms. The lowest BCUT2D eigenvalue weighted by Gasteiger charge is -2.17. The predicted molar refractivity (Wildman–Crippen MR) is 91.0 cm³/mol. The monoisotopic (exact) mass is 322 g/mol. The van der Waals surface area contributed by atoms with Gasteiger partial charge in [-0.2, -0.15) is 0 Å².